The topological polar surface area (TPSA) is 92.3 Å². The standard InChI is InChI=1S/C10H13N3O3S/c1-10(2,15)3-7-12-13-8(16-7)9-11-6(4-14)5-17-9/h5,14-15H,3-4H2,1-2H3. The molecule has 0 saturated carbocycles. The van der Waals surface area contributed by atoms with Gasteiger partial charge in [0.1, 0.15) is 0 Å². The van der Waals surface area contributed by atoms with Gasteiger partial charge in [-0.1, -0.05) is 0 Å². The monoisotopic (exact) mass is 255 g/mol. The van der Waals surface area contributed by atoms with E-state index in [4.69, 9.17) is 9.52 Å². The number of aliphatic hydroxyl groups is 2. The molecule has 0 saturated heterocycles. The molecule has 2 N–H and O–H groups in total. The van der Waals surface area contributed by atoms with Crippen LogP contribution in [0.3, 0.4) is 0 Å². The van der Waals surface area contributed by atoms with Gasteiger partial charge in [0.15, 0.2) is 5.01 Å². The van der Waals surface area contributed by atoms with Crippen LogP contribution < -0.4 is 0 Å². The van der Waals surface area contributed by atoms with E-state index in [2.05, 4.69) is 15.2 Å². The van der Waals surface area contributed by atoms with Gasteiger partial charge in [0.2, 0.25) is 5.89 Å². The Kier molecular flexibility index (Phi) is 3.23. The molecule has 0 amide bonds. The lowest BCUT2D eigenvalue weighted by Gasteiger charge is -2.12. The fourth-order valence-corrected chi connectivity index (χ4v) is 1.99. The lowest BCUT2D eigenvalue weighted by atomic mass is 10.1. The normalized spacial score (nSPS) is 12.0. The van der Waals surface area contributed by atoms with Gasteiger partial charge in [-0.2, -0.15) is 0 Å². The van der Waals surface area contributed by atoms with E-state index in [9.17, 15) is 5.11 Å². The van der Waals surface area contributed by atoms with Gasteiger partial charge >= 0.3 is 0 Å². The van der Waals surface area contributed by atoms with Crippen LogP contribution in [-0.4, -0.2) is 31.0 Å². The molecule has 0 aliphatic rings. The van der Waals surface area contributed by atoms with Crippen molar-refractivity contribution in [1.82, 2.24) is 15.2 Å². The van der Waals surface area contributed by atoms with Crippen LogP contribution in [0.5, 0.6) is 0 Å². The minimum atomic E-state index is -0.886. The van der Waals surface area contributed by atoms with Gasteiger partial charge in [0.25, 0.3) is 5.89 Å². The molecule has 0 bridgehead atoms. The van der Waals surface area contributed by atoms with Crippen LogP contribution in [0.25, 0.3) is 10.9 Å². The predicted octanol–water partition coefficient (Wildman–Crippen LogP) is 0.999. The number of aromatic nitrogens is 3. The first-order chi connectivity index (χ1) is 7.98. The average Bonchev–Trinajstić information content (AvgIpc) is 2.82. The highest BCUT2D eigenvalue weighted by Crippen LogP contribution is 2.23. The first kappa shape index (κ1) is 12.2. The predicted molar refractivity (Wildman–Crippen MR) is 61.3 cm³/mol. The lowest BCUT2D eigenvalue weighted by Crippen LogP contribution is -2.21. The molecule has 2 aromatic rings. The number of thiazole rings is 1. The molecule has 0 unspecified atom stereocenters. The van der Waals surface area contributed by atoms with Crippen molar-refractivity contribution in [3.63, 3.8) is 0 Å². The number of nitrogens with zero attached hydrogens (tertiary/aromatic N) is 3. The van der Waals surface area contributed by atoms with Crippen LogP contribution in [0.15, 0.2) is 9.80 Å². The zero-order valence-electron chi connectivity index (χ0n) is 9.54. The van der Waals surface area contributed by atoms with Gasteiger partial charge < -0.3 is 14.6 Å². The van der Waals surface area contributed by atoms with Gasteiger partial charge in [0.05, 0.1) is 24.3 Å². The smallest absolute Gasteiger partial charge is 0.276 e. The van der Waals surface area contributed by atoms with Crippen LogP contribution in [0, 0.1) is 0 Å². The second-order valence-corrected chi connectivity index (χ2v) is 5.15. The summed E-state index contributed by atoms with van der Waals surface area (Å²) in [6, 6.07) is 0. The maximum atomic E-state index is 9.62. The second-order valence-electron chi connectivity index (χ2n) is 4.29. The molecular formula is C10H13N3O3S. The van der Waals surface area contributed by atoms with Crippen LogP contribution in [0.1, 0.15) is 25.4 Å². The molecule has 0 aliphatic heterocycles. The first-order valence-electron chi connectivity index (χ1n) is 5.08. The molecule has 0 atom stereocenters. The van der Waals surface area contributed by atoms with Crippen LogP contribution in [0.4, 0.5) is 0 Å². The summed E-state index contributed by atoms with van der Waals surface area (Å²) in [5.74, 6) is 0.683. The second kappa shape index (κ2) is 4.52. The number of rotatable bonds is 4. The van der Waals surface area contributed by atoms with Crippen molar-refractivity contribution in [2.45, 2.75) is 32.5 Å². The fourth-order valence-electron chi connectivity index (χ4n) is 1.26. The van der Waals surface area contributed by atoms with E-state index < -0.39 is 5.60 Å². The molecule has 2 heterocycles. The van der Waals surface area contributed by atoms with Crippen molar-refractivity contribution in [2.24, 2.45) is 0 Å². The Labute approximate surface area is 102 Å². The molecule has 2 rings (SSSR count). The molecule has 0 aliphatic carbocycles. The summed E-state index contributed by atoms with van der Waals surface area (Å²) >= 11 is 1.33. The molecule has 0 fully saturated rings. The van der Waals surface area contributed by atoms with Gasteiger partial charge in [-0.15, -0.1) is 21.5 Å². The quantitative estimate of drug-likeness (QED) is 0.846. The largest absolute Gasteiger partial charge is 0.419 e. The first-order valence-corrected chi connectivity index (χ1v) is 5.96. The van der Waals surface area contributed by atoms with Gasteiger partial charge in [-0.05, 0) is 13.8 Å². The molecule has 7 heteroatoms. The third-order valence-corrected chi connectivity index (χ3v) is 2.83. The summed E-state index contributed by atoms with van der Waals surface area (Å²) in [7, 11) is 0. The Morgan fingerprint density at radius 1 is 1.41 bits per heavy atom. The van der Waals surface area contributed by atoms with E-state index in [0.717, 1.165) is 0 Å². The summed E-state index contributed by atoms with van der Waals surface area (Å²) in [5.41, 5.74) is -0.310. The Morgan fingerprint density at radius 3 is 2.76 bits per heavy atom. The molecule has 17 heavy (non-hydrogen) atoms. The number of hydrogen-bond donors (Lipinski definition) is 2. The highest BCUT2D eigenvalue weighted by molar-refractivity contribution is 7.13. The maximum Gasteiger partial charge on any atom is 0.276 e. The van der Waals surface area contributed by atoms with E-state index in [1.807, 2.05) is 0 Å². The summed E-state index contributed by atoms with van der Waals surface area (Å²) < 4.78 is 5.39. The average molecular weight is 255 g/mol. The van der Waals surface area contributed by atoms with E-state index in [0.29, 0.717) is 22.5 Å². The van der Waals surface area contributed by atoms with Gasteiger partial charge in [-0.25, -0.2) is 4.98 Å². The molecule has 92 valence electrons. The van der Waals surface area contributed by atoms with Crippen molar-refractivity contribution in [1.29, 1.82) is 0 Å². The Balaban J connectivity index is 2.18. The molecule has 2 aromatic heterocycles. The van der Waals surface area contributed by atoms with Crippen LogP contribution >= 0.6 is 11.3 Å². The van der Waals surface area contributed by atoms with Crippen LogP contribution in [0.2, 0.25) is 0 Å². The molecule has 0 radical (unpaired) electrons. The third kappa shape index (κ3) is 3.09. The summed E-state index contributed by atoms with van der Waals surface area (Å²) in [6.45, 7) is 3.23. The number of aliphatic hydroxyl groups excluding tert-OH is 1. The summed E-state index contributed by atoms with van der Waals surface area (Å²) in [6.07, 6.45) is 0.290. The van der Waals surface area contributed by atoms with Crippen molar-refractivity contribution < 1.29 is 14.6 Å². The fraction of sp³-hybridized carbons (Fsp3) is 0.500. The summed E-state index contributed by atoms with van der Waals surface area (Å²) in [4.78, 5) is 4.12. The zero-order valence-corrected chi connectivity index (χ0v) is 10.4. The molecule has 0 aromatic carbocycles. The van der Waals surface area contributed by atoms with Gasteiger partial charge in [-0.3, -0.25) is 0 Å². The van der Waals surface area contributed by atoms with Crippen molar-refractivity contribution >= 4 is 11.3 Å². The third-order valence-electron chi connectivity index (χ3n) is 1.95. The highest BCUT2D eigenvalue weighted by Gasteiger charge is 2.19. The van der Waals surface area contributed by atoms with Crippen molar-refractivity contribution in [2.75, 3.05) is 0 Å². The molecule has 0 spiro atoms. The summed E-state index contributed by atoms with van der Waals surface area (Å²) in [5, 5.41) is 28.5. The Morgan fingerprint density at radius 2 is 2.18 bits per heavy atom. The van der Waals surface area contributed by atoms with Crippen LogP contribution in [-0.2, 0) is 13.0 Å². The molecule has 6 nitrogen and oxygen atoms in total. The van der Waals surface area contributed by atoms with Crippen molar-refractivity contribution in [3.8, 4) is 10.9 Å². The zero-order chi connectivity index (χ0) is 12.5. The van der Waals surface area contributed by atoms with E-state index in [1.54, 1.807) is 19.2 Å². The highest BCUT2D eigenvalue weighted by atomic mass is 32.1. The number of hydrogen-bond acceptors (Lipinski definition) is 7. The van der Waals surface area contributed by atoms with E-state index in [-0.39, 0.29) is 13.0 Å². The lowest BCUT2D eigenvalue weighted by molar-refractivity contribution is 0.0739. The van der Waals surface area contributed by atoms with E-state index in [1.165, 1.54) is 11.3 Å². The minimum Gasteiger partial charge on any atom is -0.419 e. The van der Waals surface area contributed by atoms with Gasteiger partial charge in [0, 0.05) is 5.38 Å². The minimum absolute atomic E-state index is 0.110. The SMILES string of the molecule is CC(C)(O)Cc1nnc(-c2nc(CO)cs2)o1. The van der Waals surface area contributed by atoms with E-state index >= 15 is 0 Å². The maximum absolute atomic E-state index is 9.62. The molecular weight excluding hydrogens is 242 g/mol. The van der Waals surface area contributed by atoms with Crippen molar-refractivity contribution in [3.05, 3.63) is 17.0 Å². The Hall–Kier alpha value is -1.31. The Bertz CT molecular complexity index is 501.